The van der Waals surface area contributed by atoms with Gasteiger partial charge < -0.3 is 4.74 Å². The summed E-state index contributed by atoms with van der Waals surface area (Å²) in [4.78, 5) is 23.7. The van der Waals surface area contributed by atoms with Gasteiger partial charge in [0.15, 0.2) is 5.78 Å². The Labute approximate surface area is 114 Å². The minimum atomic E-state index is -0.592. The second kappa shape index (κ2) is 7.82. The van der Waals surface area contributed by atoms with E-state index in [1.165, 1.54) is 39.2 Å². The summed E-state index contributed by atoms with van der Waals surface area (Å²) in [6.45, 7) is 3.79. The number of ketones is 1. The van der Waals surface area contributed by atoms with Crippen LogP contribution in [0.1, 0.15) is 46.0 Å². The Kier molecular flexibility index (Phi) is 6.76. The molecule has 1 atom stereocenters. The first-order chi connectivity index (χ1) is 8.56. The van der Waals surface area contributed by atoms with Crippen molar-refractivity contribution in [2.75, 3.05) is 12.9 Å². The largest absolute Gasteiger partial charge is 0.468 e. The van der Waals surface area contributed by atoms with Gasteiger partial charge in [0.05, 0.1) is 12.9 Å². The maximum atomic E-state index is 12.1. The Morgan fingerprint density at radius 2 is 1.83 bits per heavy atom. The third-order valence-electron chi connectivity index (χ3n) is 3.48. The number of methoxy groups -OCH3 is 1. The van der Waals surface area contributed by atoms with Crippen molar-refractivity contribution < 1.29 is 14.3 Å². The van der Waals surface area contributed by atoms with E-state index in [9.17, 15) is 9.59 Å². The van der Waals surface area contributed by atoms with Gasteiger partial charge in [-0.3, -0.25) is 9.59 Å². The lowest BCUT2D eigenvalue weighted by Crippen LogP contribution is -2.31. The molecule has 0 heterocycles. The lowest BCUT2D eigenvalue weighted by molar-refractivity contribution is -0.150. The molecule has 0 aromatic rings. The molecule has 0 amide bonds. The molecule has 0 radical (unpaired) electrons. The summed E-state index contributed by atoms with van der Waals surface area (Å²) in [7, 11) is 1.35. The topological polar surface area (TPSA) is 43.4 Å². The molecule has 0 bridgehead atoms. The van der Waals surface area contributed by atoms with Crippen LogP contribution in [0.2, 0.25) is 0 Å². The van der Waals surface area contributed by atoms with Crippen LogP contribution in [-0.4, -0.2) is 29.9 Å². The first-order valence-electron chi connectivity index (χ1n) is 6.78. The molecule has 0 spiro atoms. The predicted molar refractivity (Wildman–Crippen MR) is 74.7 cm³/mol. The monoisotopic (exact) mass is 272 g/mol. The van der Waals surface area contributed by atoms with E-state index in [0.29, 0.717) is 11.0 Å². The average Bonchev–Trinajstić information content (AvgIpc) is 2.37. The molecular weight excluding hydrogens is 248 g/mol. The molecule has 0 N–H and O–H groups in total. The second-order valence-corrected chi connectivity index (χ2v) is 6.57. The molecule has 3 nitrogen and oxygen atoms in total. The fourth-order valence-electron chi connectivity index (χ4n) is 2.42. The highest BCUT2D eigenvalue weighted by Crippen LogP contribution is 2.29. The fraction of sp³-hybridized carbons (Fsp3) is 0.857. The molecule has 1 aliphatic rings. The van der Waals surface area contributed by atoms with E-state index in [4.69, 9.17) is 4.74 Å². The number of carbonyl (C=O) groups excluding carboxylic acids is 2. The molecule has 1 unspecified atom stereocenters. The zero-order valence-corrected chi connectivity index (χ0v) is 12.4. The molecular formula is C14H24O3S. The highest BCUT2D eigenvalue weighted by atomic mass is 32.2. The number of hydrogen-bond donors (Lipinski definition) is 0. The van der Waals surface area contributed by atoms with Gasteiger partial charge >= 0.3 is 5.97 Å². The number of hydrogen-bond acceptors (Lipinski definition) is 4. The molecule has 0 aromatic heterocycles. The summed E-state index contributed by atoms with van der Waals surface area (Å²) in [5.41, 5.74) is 0. The van der Waals surface area contributed by atoms with Crippen molar-refractivity contribution in [3.8, 4) is 0 Å². The number of thioether (sulfide) groups is 1. The van der Waals surface area contributed by atoms with Crippen molar-refractivity contribution in [2.24, 2.45) is 11.8 Å². The van der Waals surface area contributed by atoms with Crippen LogP contribution in [0.3, 0.4) is 0 Å². The minimum absolute atomic E-state index is 0.0110. The zero-order valence-electron chi connectivity index (χ0n) is 11.6. The van der Waals surface area contributed by atoms with Gasteiger partial charge in [-0.2, -0.15) is 11.8 Å². The lowest BCUT2D eigenvalue weighted by Gasteiger charge is -2.22. The number of esters is 1. The fourth-order valence-corrected chi connectivity index (χ4v) is 3.67. The van der Waals surface area contributed by atoms with Crippen molar-refractivity contribution in [3.63, 3.8) is 0 Å². The summed E-state index contributed by atoms with van der Waals surface area (Å²) in [6, 6.07) is 0. The van der Waals surface area contributed by atoms with E-state index in [-0.39, 0.29) is 17.7 Å². The third-order valence-corrected chi connectivity index (χ3v) is 4.88. The zero-order chi connectivity index (χ0) is 13.5. The van der Waals surface area contributed by atoms with Crippen molar-refractivity contribution in [2.45, 2.75) is 51.2 Å². The van der Waals surface area contributed by atoms with Crippen LogP contribution in [0, 0.1) is 11.8 Å². The molecule has 104 valence electrons. The highest BCUT2D eigenvalue weighted by Gasteiger charge is 2.30. The Bertz CT molecular complexity index is 283. The summed E-state index contributed by atoms with van der Waals surface area (Å²) in [5.74, 6) is -0.502. The first kappa shape index (κ1) is 15.5. The Balaban J connectivity index is 2.43. The van der Waals surface area contributed by atoms with E-state index in [0.717, 1.165) is 0 Å². The van der Waals surface area contributed by atoms with Gasteiger partial charge in [-0.15, -0.1) is 0 Å². The van der Waals surface area contributed by atoms with E-state index in [1.807, 2.05) is 13.8 Å². The Morgan fingerprint density at radius 1 is 1.22 bits per heavy atom. The van der Waals surface area contributed by atoms with Gasteiger partial charge in [0.2, 0.25) is 0 Å². The van der Waals surface area contributed by atoms with Crippen LogP contribution in [-0.2, 0) is 14.3 Å². The van der Waals surface area contributed by atoms with Gasteiger partial charge in [-0.25, -0.2) is 0 Å². The van der Waals surface area contributed by atoms with E-state index >= 15 is 0 Å². The molecule has 1 fully saturated rings. The molecule has 0 aliphatic heterocycles. The van der Waals surface area contributed by atoms with E-state index in [2.05, 4.69) is 0 Å². The standard InChI is InChI=1S/C14H24O3S/c1-10(2)13(14(16)17-3)12(15)9-18-11-7-5-4-6-8-11/h10-11,13H,4-9H2,1-3H3. The summed E-state index contributed by atoms with van der Waals surface area (Å²) >= 11 is 1.72. The van der Waals surface area contributed by atoms with Crippen LogP contribution in [0.15, 0.2) is 0 Å². The number of rotatable bonds is 6. The quantitative estimate of drug-likeness (QED) is 0.550. The molecule has 1 aliphatic carbocycles. The summed E-state index contributed by atoms with van der Waals surface area (Å²) in [5, 5.41) is 0.605. The Morgan fingerprint density at radius 3 is 2.33 bits per heavy atom. The SMILES string of the molecule is COC(=O)C(C(=O)CSC1CCCCC1)C(C)C. The van der Waals surface area contributed by atoms with E-state index in [1.54, 1.807) is 11.8 Å². The van der Waals surface area contributed by atoms with Crippen molar-refractivity contribution in [1.29, 1.82) is 0 Å². The lowest BCUT2D eigenvalue weighted by atomic mass is 9.92. The highest BCUT2D eigenvalue weighted by molar-refractivity contribution is 8.00. The molecule has 0 saturated heterocycles. The molecule has 0 aromatic carbocycles. The molecule has 4 heteroatoms. The predicted octanol–water partition coefficient (Wildman–Crippen LogP) is 3.07. The van der Waals surface area contributed by atoms with Crippen molar-refractivity contribution in [3.05, 3.63) is 0 Å². The maximum absolute atomic E-state index is 12.1. The van der Waals surface area contributed by atoms with Crippen LogP contribution < -0.4 is 0 Å². The summed E-state index contributed by atoms with van der Waals surface area (Å²) < 4.78 is 4.72. The van der Waals surface area contributed by atoms with Gasteiger partial charge in [0.25, 0.3) is 0 Å². The molecule has 1 saturated carbocycles. The maximum Gasteiger partial charge on any atom is 0.316 e. The van der Waals surface area contributed by atoms with Crippen molar-refractivity contribution >= 4 is 23.5 Å². The second-order valence-electron chi connectivity index (χ2n) is 5.28. The molecule has 1 rings (SSSR count). The summed E-state index contributed by atoms with van der Waals surface area (Å²) in [6.07, 6.45) is 6.29. The minimum Gasteiger partial charge on any atom is -0.468 e. The van der Waals surface area contributed by atoms with Gasteiger partial charge in [-0.05, 0) is 18.8 Å². The van der Waals surface area contributed by atoms with Crippen LogP contribution in [0.5, 0.6) is 0 Å². The van der Waals surface area contributed by atoms with Gasteiger partial charge in [-0.1, -0.05) is 33.1 Å². The van der Waals surface area contributed by atoms with Crippen LogP contribution in [0.4, 0.5) is 0 Å². The number of carbonyl (C=O) groups is 2. The van der Waals surface area contributed by atoms with Gasteiger partial charge in [0.1, 0.15) is 5.92 Å². The normalized spacial score (nSPS) is 18.7. The van der Waals surface area contributed by atoms with E-state index < -0.39 is 5.92 Å². The average molecular weight is 272 g/mol. The van der Waals surface area contributed by atoms with Crippen LogP contribution in [0.25, 0.3) is 0 Å². The third kappa shape index (κ3) is 4.63. The first-order valence-corrected chi connectivity index (χ1v) is 7.83. The smallest absolute Gasteiger partial charge is 0.316 e. The van der Waals surface area contributed by atoms with Crippen LogP contribution >= 0.6 is 11.8 Å². The molecule has 18 heavy (non-hydrogen) atoms. The number of Topliss-reactive ketones (excluding diaryl/α,β-unsaturated/α-hetero) is 1. The Hall–Kier alpha value is -0.510. The van der Waals surface area contributed by atoms with Gasteiger partial charge in [0, 0.05) is 5.25 Å². The van der Waals surface area contributed by atoms with Crippen molar-refractivity contribution in [1.82, 2.24) is 0 Å². The number of ether oxygens (including phenoxy) is 1.